The zero-order chi connectivity index (χ0) is 33.7. The van der Waals surface area contributed by atoms with E-state index in [1.54, 1.807) is 0 Å². The molecule has 0 amide bonds. The average Bonchev–Trinajstić information content (AvgIpc) is 3.94. The molecule has 5 heterocycles. The average molecular weight is 666 g/mol. The molecule has 0 radical (unpaired) electrons. The van der Waals surface area contributed by atoms with E-state index in [0.717, 1.165) is 99.2 Å². The smallest absolute Gasteiger partial charge is 0.247 e. The Morgan fingerprint density at radius 2 is 0.981 bits per heavy atom. The normalized spacial score (nSPS) is 12.6. The topological polar surface area (TPSA) is 70.1 Å². The van der Waals surface area contributed by atoms with E-state index < -0.39 is 0 Å². The molecule has 0 saturated carbocycles. The Bertz CT molecular complexity index is 3650. The van der Waals surface area contributed by atoms with Crippen LogP contribution in [0, 0.1) is 0 Å². The van der Waals surface area contributed by atoms with Gasteiger partial charge in [-0.05, 0) is 82.2 Å². The predicted octanol–water partition coefficient (Wildman–Crippen LogP) is 12.7. The first kappa shape index (κ1) is 26.7. The maximum absolute atomic E-state index is 6.60. The highest BCUT2D eigenvalue weighted by molar-refractivity contribution is 6.38. The van der Waals surface area contributed by atoms with Gasteiger partial charge in [-0.1, -0.05) is 78.9 Å². The number of rotatable bonds is 2. The number of nitrogens with zero attached hydrogens (tertiary/aromatic N) is 3. The van der Waals surface area contributed by atoms with E-state index in [0.29, 0.717) is 5.71 Å². The molecule has 0 saturated heterocycles. The van der Waals surface area contributed by atoms with Crippen molar-refractivity contribution < 1.29 is 13.3 Å². The molecule has 0 spiro atoms. The predicted molar refractivity (Wildman–Crippen MR) is 210 cm³/mol. The highest BCUT2D eigenvalue weighted by atomic mass is 16.3. The molecule has 0 atom stereocenters. The molecule has 5 aromatic heterocycles. The van der Waals surface area contributed by atoms with Gasteiger partial charge >= 0.3 is 0 Å². The van der Waals surface area contributed by atoms with Gasteiger partial charge in [-0.25, -0.2) is 9.97 Å². The summed E-state index contributed by atoms with van der Waals surface area (Å²) in [5.74, 6) is 0.725. The first-order valence-electron chi connectivity index (χ1n) is 17.4. The Morgan fingerprint density at radius 1 is 0.385 bits per heavy atom. The van der Waals surface area contributed by atoms with Crippen LogP contribution in [0.25, 0.3) is 127 Å². The number of hydrogen-bond acceptors (Lipinski definition) is 5. The van der Waals surface area contributed by atoms with Gasteiger partial charge in [0.05, 0.1) is 11.0 Å². The molecule has 6 nitrogen and oxygen atoms in total. The molecule has 52 heavy (non-hydrogen) atoms. The molecule has 13 rings (SSSR count). The number of benzene rings is 7. The van der Waals surface area contributed by atoms with Gasteiger partial charge < -0.3 is 13.3 Å². The zero-order valence-corrected chi connectivity index (χ0v) is 27.3. The highest BCUT2D eigenvalue weighted by Crippen LogP contribution is 2.48. The van der Waals surface area contributed by atoms with Gasteiger partial charge in [0, 0.05) is 43.3 Å². The van der Waals surface area contributed by atoms with Crippen LogP contribution >= 0.6 is 0 Å². The molecule has 8 aromatic carbocycles. The molecule has 0 aliphatic heterocycles. The molecular weight excluding hydrogens is 643 g/mol. The standard InChI is InChI=1S/C46H23N3O3/c1-2-10-26-25(9-1)28-13-7-15-32-39(28)41-33(20-22-38-42(41)40-29(26)14-8-18-37(40)51-38)49(32)45-43(48-46-44(47-45)30-12-4-6-17-35(30)52-46)24-19-21-36-31(23-24)27-11-3-5-16-34(27)50-36/h1-23H. The molecule has 240 valence electrons. The van der Waals surface area contributed by atoms with Crippen molar-refractivity contribution in [3.63, 3.8) is 0 Å². The van der Waals surface area contributed by atoms with Crippen molar-refractivity contribution in [1.82, 2.24) is 14.5 Å². The molecule has 6 heteroatoms. The van der Waals surface area contributed by atoms with E-state index in [1.807, 2.05) is 42.5 Å². The third-order valence-electron chi connectivity index (χ3n) is 11.0. The Kier molecular flexibility index (Phi) is 4.78. The van der Waals surface area contributed by atoms with E-state index in [2.05, 4.69) is 102 Å². The molecule has 0 fully saturated rings. The lowest BCUT2D eigenvalue weighted by Crippen LogP contribution is -2.03. The second-order valence-electron chi connectivity index (χ2n) is 13.7. The summed E-state index contributed by atoms with van der Waals surface area (Å²) in [5, 5.41) is 12.3. The Morgan fingerprint density at radius 3 is 1.83 bits per heavy atom. The summed E-state index contributed by atoms with van der Waals surface area (Å²) >= 11 is 0. The van der Waals surface area contributed by atoms with E-state index in [1.165, 1.54) is 21.5 Å². The maximum atomic E-state index is 6.60. The summed E-state index contributed by atoms with van der Waals surface area (Å²) in [6, 6.07) is 48.4. The minimum absolute atomic E-state index is 0.498. The monoisotopic (exact) mass is 665 g/mol. The molecule has 0 unspecified atom stereocenters. The fourth-order valence-electron chi connectivity index (χ4n) is 8.82. The number of para-hydroxylation sites is 2. The van der Waals surface area contributed by atoms with Crippen molar-refractivity contribution in [1.29, 1.82) is 0 Å². The van der Waals surface area contributed by atoms with Crippen LogP contribution < -0.4 is 0 Å². The van der Waals surface area contributed by atoms with Crippen molar-refractivity contribution in [3.8, 4) is 17.1 Å². The summed E-state index contributed by atoms with van der Waals surface area (Å²) in [6.45, 7) is 0. The number of hydrogen-bond donors (Lipinski definition) is 0. The van der Waals surface area contributed by atoms with E-state index in [-0.39, 0.29) is 0 Å². The number of aromatic nitrogens is 3. The van der Waals surface area contributed by atoms with Crippen LogP contribution in [0.4, 0.5) is 0 Å². The second kappa shape index (κ2) is 9.33. The van der Waals surface area contributed by atoms with E-state index in [4.69, 9.17) is 23.2 Å². The molecule has 0 aliphatic rings. The lowest BCUT2D eigenvalue weighted by Gasteiger charge is -2.12. The fraction of sp³-hybridized carbons (Fsp3) is 0. The maximum Gasteiger partial charge on any atom is 0.247 e. The van der Waals surface area contributed by atoms with Gasteiger partial charge in [-0.15, -0.1) is 0 Å². The number of fused-ring (bicyclic) bond motifs is 9. The lowest BCUT2D eigenvalue weighted by molar-refractivity contribution is 0.653. The van der Waals surface area contributed by atoms with Crippen molar-refractivity contribution in [2.24, 2.45) is 0 Å². The summed E-state index contributed by atoms with van der Waals surface area (Å²) < 4.78 is 21.5. The van der Waals surface area contributed by atoms with Crippen LogP contribution in [0.3, 0.4) is 0 Å². The zero-order valence-electron chi connectivity index (χ0n) is 27.3. The molecule has 13 aromatic rings. The third kappa shape index (κ3) is 3.25. The van der Waals surface area contributed by atoms with E-state index >= 15 is 0 Å². The van der Waals surface area contributed by atoms with Gasteiger partial charge in [-0.3, -0.25) is 4.57 Å². The highest BCUT2D eigenvalue weighted by Gasteiger charge is 2.26. The first-order valence-corrected chi connectivity index (χ1v) is 17.4. The van der Waals surface area contributed by atoms with Gasteiger partial charge in [-0.2, -0.15) is 0 Å². The third-order valence-corrected chi connectivity index (χ3v) is 11.0. The SMILES string of the molecule is c1ccc2c(c1)oc1ccc(-c3nc4oc5ccccc5c4nc3-n3c4cccc5c6ccccc6c6cccc7oc8ccc3c(c8c76)c54)cc12. The van der Waals surface area contributed by atoms with Crippen molar-refractivity contribution in [3.05, 3.63) is 140 Å². The first-order chi connectivity index (χ1) is 25.8. The van der Waals surface area contributed by atoms with Gasteiger partial charge in [0.15, 0.2) is 5.82 Å². The molecule has 0 aliphatic carbocycles. The van der Waals surface area contributed by atoms with Crippen molar-refractivity contribution >= 4 is 109 Å². The fourth-order valence-corrected chi connectivity index (χ4v) is 8.82. The van der Waals surface area contributed by atoms with Crippen molar-refractivity contribution in [2.75, 3.05) is 0 Å². The second-order valence-corrected chi connectivity index (χ2v) is 13.7. The minimum atomic E-state index is 0.498. The molecule has 0 N–H and O–H groups in total. The largest absolute Gasteiger partial charge is 0.456 e. The van der Waals surface area contributed by atoms with Crippen LogP contribution in [0.5, 0.6) is 0 Å². The van der Waals surface area contributed by atoms with Crippen LogP contribution in [0.2, 0.25) is 0 Å². The van der Waals surface area contributed by atoms with Crippen LogP contribution in [0.1, 0.15) is 0 Å². The number of furan rings is 3. The molecular formula is C46H23N3O3. The Labute approximate surface area is 293 Å². The lowest BCUT2D eigenvalue weighted by atomic mass is 9.95. The van der Waals surface area contributed by atoms with Crippen LogP contribution in [-0.4, -0.2) is 14.5 Å². The summed E-state index contributed by atoms with van der Waals surface area (Å²) in [7, 11) is 0. The quantitative estimate of drug-likeness (QED) is 0.184. The summed E-state index contributed by atoms with van der Waals surface area (Å²) in [4.78, 5) is 10.8. The van der Waals surface area contributed by atoms with E-state index in [9.17, 15) is 0 Å². The Balaban J connectivity index is 1.26. The van der Waals surface area contributed by atoms with Crippen molar-refractivity contribution in [2.45, 2.75) is 0 Å². The minimum Gasteiger partial charge on any atom is -0.456 e. The van der Waals surface area contributed by atoms with Gasteiger partial charge in [0.1, 0.15) is 39.1 Å². The van der Waals surface area contributed by atoms with Crippen LogP contribution in [0.15, 0.2) is 153 Å². The van der Waals surface area contributed by atoms with Crippen LogP contribution in [-0.2, 0) is 0 Å². The summed E-state index contributed by atoms with van der Waals surface area (Å²) in [6.07, 6.45) is 0. The van der Waals surface area contributed by atoms with Gasteiger partial charge in [0.25, 0.3) is 0 Å². The summed E-state index contributed by atoms with van der Waals surface area (Å²) in [5.41, 5.74) is 9.11. The Hall–Kier alpha value is -7.18. The molecule has 0 bridgehead atoms. The van der Waals surface area contributed by atoms with Gasteiger partial charge in [0.2, 0.25) is 5.71 Å².